The number of nitrogen functional groups attached to an aromatic ring is 1. The van der Waals surface area contributed by atoms with Crippen LogP contribution in [0.15, 0.2) is 46.9 Å². The highest BCUT2D eigenvalue weighted by Gasteiger charge is 2.16. The van der Waals surface area contributed by atoms with Crippen LogP contribution in [-0.4, -0.2) is 48.2 Å². The molecule has 0 radical (unpaired) electrons. The molecule has 1 saturated heterocycles. The highest BCUT2D eigenvalue weighted by molar-refractivity contribution is 5.80. The van der Waals surface area contributed by atoms with Crippen LogP contribution in [0, 0.1) is 6.92 Å². The number of para-hydroxylation sites is 2. The van der Waals surface area contributed by atoms with E-state index in [2.05, 4.69) is 37.4 Å². The summed E-state index contributed by atoms with van der Waals surface area (Å²) in [5, 5.41) is 6.16. The van der Waals surface area contributed by atoms with Crippen molar-refractivity contribution in [2.75, 3.05) is 49.2 Å². The third kappa shape index (κ3) is 4.22. The maximum absolute atomic E-state index is 6.02. The Labute approximate surface area is 169 Å². The second-order valence-corrected chi connectivity index (χ2v) is 6.90. The van der Waals surface area contributed by atoms with E-state index in [1.54, 1.807) is 7.05 Å². The summed E-state index contributed by atoms with van der Waals surface area (Å²) in [6.07, 6.45) is 0. The van der Waals surface area contributed by atoms with Crippen molar-refractivity contribution in [3.63, 3.8) is 0 Å². The fourth-order valence-electron chi connectivity index (χ4n) is 3.26. The first-order chi connectivity index (χ1) is 14.1. The first-order valence-electron chi connectivity index (χ1n) is 9.67. The summed E-state index contributed by atoms with van der Waals surface area (Å²) in [5.41, 5.74) is 10.7. The number of anilines is 3. The van der Waals surface area contributed by atoms with E-state index in [9.17, 15) is 0 Å². The lowest BCUT2D eigenvalue weighted by Gasteiger charge is -2.29. The number of nitrogens with one attached hydrogen (secondary N) is 2. The van der Waals surface area contributed by atoms with E-state index < -0.39 is 0 Å². The van der Waals surface area contributed by atoms with Crippen LogP contribution in [0.3, 0.4) is 0 Å². The fourth-order valence-corrected chi connectivity index (χ4v) is 3.26. The van der Waals surface area contributed by atoms with Gasteiger partial charge in [0.2, 0.25) is 0 Å². The average Bonchev–Trinajstić information content (AvgIpc) is 3.18. The number of hydrogen-bond acceptors (Lipinski definition) is 8. The second kappa shape index (κ2) is 8.32. The third-order valence-electron chi connectivity index (χ3n) is 4.75. The summed E-state index contributed by atoms with van der Waals surface area (Å²) in [4.78, 5) is 15.5. The molecule has 8 heteroatoms. The van der Waals surface area contributed by atoms with E-state index in [4.69, 9.17) is 10.2 Å². The van der Waals surface area contributed by atoms with Crippen molar-refractivity contribution in [2.24, 2.45) is 0 Å². The molecule has 1 aliphatic rings. The molecule has 4 aromatic rings. The molecule has 3 heterocycles. The Balaban J connectivity index is 0.000000159. The lowest BCUT2D eigenvalue weighted by Crippen LogP contribution is -2.44. The van der Waals surface area contributed by atoms with Gasteiger partial charge in [-0.2, -0.15) is 4.98 Å². The molecule has 0 spiro atoms. The Hall–Kier alpha value is -3.39. The topological polar surface area (TPSA) is 105 Å². The zero-order valence-corrected chi connectivity index (χ0v) is 16.6. The predicted octanol–water partition coefficient (Wildman–Crippen LogP) is 2.80. The number of aryl methyl sites for hydroxylation is 1. The maximum atomic E-state index is 6.02. The SMILES string of the molecule is CNc1nc2ccccc2o1.Cc1ccc2nc(N)c(N3CCNCC3)nc2c1. The molecule has 0 saturated carbocycles. The molecule has 5 rings (SSSR count). The molecule has 2 aromatic carbocycles. The van der Waals surface area contributed by atoms with Gasteiger partial charge in [0.1, 0.15) is 5.52 Å². The minimum Gasteiger partial charge on any atom is -0.424 e. The molecule has 2 aromatic heterocycles. The highest BCUT2D eigenvalue weighted by atomic mass is 16.4. The summed E-state index contributed by atoms with van der Waals surface area (Å²) in [6, 6.07) is 14.3. The van der Waals surface area contributed by atoms with Gasteiger partial charge in [0, 0.05) is 33.2 Å². The Morgan fingerprint density at radius 3 is 2.55 bits per heavy atom. The first-order valence-corrected chi connectivity index (χ1v) is 9.67. The molecule has 150 valence electrons. The van der Waals surface area contributed by atoms with Crippen molar-refractivity contribution in [3.8, 4) is 0 Å². The standard InChI is InChI=1S/C13H17N5.C8H8N2O/c1-9-2-3-10-11(8-9)17-13(12(14)16-10)18-6-4-15-5-7-18;1-9-8-10-6-4-2-3-5-7(6)11-8/h2-3,8,15H,4-7H2,1H3,(H2,14,16);2-5H,1H3,(H,9,10). The Morgan fingerprint density at radius 1 is 1.00 bits per heavy atom. The van der Waals surface area contributed by atoms with Crippen molar-refractivity contribution in [1.29, 1.82) is 0 Å². The first kappa shape index (κ1) is 18.9. The maximum Gasteiger partial charge on any atom is 0.295 e. The molecule has 1 aliphatic heterocycles. The number of fused-ring (bicyclic) bond motifs is 2. The van der Waals surface area contributed by atoms with Crippen LogP contribution in [0.4, 0.5) is 17.7 Å². The number of hydrogen-bond donors (Lipinski definition) is 3. The Morgan fingerprint density at radius 2 is 1.79 bits per heavy atom. The van der Waals surface area contributed by atoms with E-state index in [1.807, 2.05) is 42.5 Å². The molecule has 1 fully saturated rings. The van der Waals surface area contributed by atoms with Crippen LogP contribution in [0.2, 0.25) is 0 Å². The second-order valence-electron chi connectivity index (χ2n) is 6.90. The van der Waals surface area contributed by atoms with E-state index in [1.165, 1.54) is 5.56 Å². The Kier molecular flexibility index (Phi) is 5.44. The summed E-state index contributed by atoms with van der Waals surface area (Å²) in [7, 11) is 1.78. The predicted molar refractivity (Wildman–Crippen MR) is 117 cm³/mol. The molecule has 0 bridgehead atoms. The van der Waals surface area contributed by atoms with Gasteiger partial charge in [-0.25, -0.2) is 9.97 Å². The van der Waals surface area contributed by atoms with Gasteiger partial charge in [0.25, 0.3) is 6.01 Å². The minimum atomic E-state index is 0.522. The smallest absolute Gasteiger partial charge is 0.295 e. The molecule has 0 unspecified atom stereocenters. The van der Waals surface area contributed by atoms with Gasteiger partial charge in [0.05, 0.1) is 11.0 Å². The van der Waals surface area contributed by atoms with Crippen LogP contribution in [0.1, 0.15) is 5.56 Å². The molecule has 8 nitrogen and oxygen atoms in total. The molecule has 29 heavy (non-hydrogen) atoms. The molecule has 4 N–H and O–H groups in total. The lowest BCUT2D eigenvalue weighted by atomic mass is 10.2. The van der Waals surface area contributed by atoms with Crippen molar-refractivity contribution >= 4 is 39.8 Å². The fraction of sp³-hybridized carbons (Fsp3) is 0.286. The van der Waals surface area contributed by atoms with Gasteiger partial charge in [-0.1, -0.05) is 18.2 Å². The van der Waals surface area contributed by atoms with Crippen LogP contribution in [0.5, 0.6) is 0 Å². The quantitative estimate of drug-likeness (QED) is 0.479. The number of nitrogens with zero attached hydrogens (tertiary/aromatic N) is 4. The summed E-state index contributed by atoms with van der Waals surface area (Å²) in [6.45, 7) is 5.84. The van der Waals surface area contributed by atoms with E-state index in [0.29, 0.717) is 11.8 Å². The van der Waals surface area contributed by atoms with E-state index >= 15 is 0 Å². The number of nitrogens with two attached hydrogens (primary N) is 1. The molecular weight excluding hydrogens is 366 g/mol. The van der Waals surface area contributed by atoms with Gasteiger partial charge < -0.3 is 25.7 Å². The van der Waals surface area contributed by atoms with Crippen LogP contribution in [0.25, 0.3) is 22.1 Å². The molecular formula is C21H25N7O. The molecule has 0 atom stereocenters. The number of aromatic nitrogens is 3. The summed E-state index contributed by atoms with van der Waals surface area (Å²) in [5.74, 6) is 1.34. The normalized spacial score (nSPS) is 13.9. The van der Waals surface area contributed by atoms with Gasteiger partial charge in [-0.05, 0) is 36.8 Å². The summed E-state index contributed by atoms with van der Waals surface area (Å²) >= 11 is 0. The average molecular weight is 391 g/mol. The van der Waals surface area contributed by atoms with Crippen LogP contribution < -0.4 is 21.3 Å². The summed E-state index contributed by atoms with van der Waals surface area (Å²) < 4.78 is 5.29. The molecule has 0 amide bonds. The van der Waals surface area contributed by atoms with Crippen molar-refractivity contribution in [3.05, 3.63) is 48.0 Å². The van der Waals surface area contributed by atoms with E-state index in [0.717, 1.165) is 54.1 Å². The van der Waals surface area contributed by atoms with Crippen LogP contribution in [-0.2, 0) is 0 Å². The van der Waals surface area contributed by atoms with Gasteiger partial charge in [-0.15, -0.1) is 0 Å². The third-order valence-corrected chi connectivity index (χ3v) is 4.75. The number of piperazine rings is 1. The number of oxazole rings is 1. The highest BCUT2D eigenvalue weighted by Crippen LogP contribution is 2.23. The lowest BCUT2D eigenvalue weighted by molar-refractivity contribution is 0.585. The van der Waals surface area contributed by atoms with Crippen molar-refractivity contribution in [2.45, 2.75) is 6.92 Å². The number of benzene rings is 2. The minimum absolute atomic E-state index is 0.522. The zero-order valence-electron chi connectivity index (χ0n) is 16.6. The van der Waals surface area contributed by atoms with E-state index in [-0.39, 0.29) is 0 Å². The van der Waals surface area contributed by atoms with Gasteiger partial charge >= 0.3 is 0 Å². The van der Waals surface area contributed by atoms with Gasteiger partial charge in [-0.3, -0.25) is 0 Å². The van der Waals surface area contributed by atoms with Crippen molar-refractivity contribution in [1.82, 2.24) is 20.3 Å². The number of rotatable bonds is 2. The Bertz CT molecular complexity index is 1090. The monoisotopic (exact) mass is 391 g/mol. The zero-order chi connectivity index (χ0) is 20.2. The molecule has 0 aliphatic carbocycles. The van der Waals surface area contributed by atoms with Gasteiger partial charge in [0.15, 0.2) is 17.2 Å². The van der Waals surface area contributed by atoms with Crippen molar-refractivity contribution < 1.29 is 4.42 Å². The largest absolute Gasteiger partial charge is 0.424 e. The van der Waals surface area contributed by atoms with Crippen LogP contribution >= 0.6 is 0 Å².